The SMILES string of the molecule is CC(NC(=O)c1nnn2c1c(=O)[nH]c1ccccc12)c1ccccc1. The number of nitrogens with one attached hydrogen (secondary N) is 2. The first-order valence-corrected chi connectivity index (χ1v) is 7.87. The second-order valence-electron chi connectivity index (χ2n) is 5.78. The van der Waals surface area contributed by atoms with Crippen molar-refractivity contribution in [1.29, 1.82) is 0 Å². The standard InChI is InChI=1S/C18H15N5O2/c1-11(12-7-3-2-4-8-12)19-17(24)15-16-18(25)20-13-9-5-6-10-14(13)23(16)22-21-15/h2-11H,1H3,(H,19,24)(H,20,25). The molecule has 0 spiro atoms. The molecule has 4 aromatic rings. The van der Waals surface area contributed by atoms with Crippen LogP contribution in [0.1, 0.15) is 29.0 Å². The Bertz CT molecular complexity index is 1130. The number of carbonyl (C=O) groups is 1. The van der Waals surface area contributed by atoms with Gasteiger partial charge in [-0.2, -0.15) is 0 Å². The van der Waals surface area contributed by atoms with E-state index in [9.17, 15) is 9.59 Å². The molecule has 0 aliphatic heterocycles. The van der Waals surface area contributed by atoms with E-state index < -0.39 is 11.5 Å². The minimum absolute atomic E-state index is 0.00906. The minimum atomic E-state index is -0.438. The molecule has 1 amide bonds. The molecule has 7 heteroatoms. The van der Waals surface area contributed by atoms with E-state index in [1.165, 1.54) is 4.52 Å². The summed E-state index contributed by atoms with van der Waals surface area (Å²) in [6.45, 7) is 1.87. The summed E-state index contributed by atoms with van der Waals surface area (Å²) in [6, 6.07) is 16.6. The number of fused-ring (bicyclic) bond motifs is 3. The molecular weight excluding hydrogens is 318 g/mol. The molecule has 1 unspecified atom stereocenters. The number of hydrogen-bond donors (Lipinski definition) is 2. The topological polar surface area (TPSA) is 92.2 Å². The van der Waals surface area contributed by atoms with Crippen molar-refractivity contribution in [2.45, 2.75) is 13.0 Å². The normalized spacial score (nSPS) is 12.4. The molecule has 0 fully saturated rings. The Labute approximate surface area is 142 Å². The highest BCUT2D eigenvalue weighted by Gasteiger charge is 2.21. The van der Waals surface area contributed by atoms with Gasteiger partial charge in [-0.1, -0.05) is 47.7 Å². The molecule has 1 atom stereocenters. The monoisotopic (exact) mass is 333 g/mol. The Morgan fingerprint density at radius 2 is 1.84 bits per heavy atom. The van der Waals surface area contributed by atoms with Crippen LogP contribution in [0, 0.1) is 0 Å². The van der Waals surface area contributed by atoms with Crippen LogP contribution in [0.4, 0.5) is 0 Å². The van der Waals surface area contributed by atoms with Crippen LogP contribution < -0.4 is 10.9 Å². The van der Waals surface area contributed by atoms with Crippen molar-refractivity contribution >= 4 is 22.5 Å². The number of H-pyrrole nitrogens is 1. The maximum Gasteiger partial charge on any atom is 0.277 e. The Hall–Kier alpha value is -3.48. The van der Waals surface area contributed by atoms with Gasteiger partial charge < -0.3 is 10.3 Å². The summed E-state index contributed by atoms with van der Waals surface area (Å²) in [6.07, 6.45) is 0. The van der Waals surface area contributed by atoms with Crippen LogP contribution in [-0.4, -0.2) is 25.7 Å². The lowest BCUT2D eigenvalue weighted by Gasteiger charge is -2.13. The van der Waals surface area contributed by atoms with E-state index in [4.69, 9.17) is 0 Å². The van der Waals surface area contributed by atoms with Gasteiger partial charge in [0, 0.05) is 0 Å². The highest BCUT2D eigenvalue weighted by molar-refractivity contribution is 5.99. The predicted octanol–water partition coefficient (Wildman–Crippen LogP) is 2.06. The maximum absolute atomic E-state index is 12.6. The van der Waals surface area contributed by atoms with Crippen molar-refractivity contribution < 1.29 is 4.79 Å². The molecule has 25 heavy (non-hydrogen) atoms. The number of aromatic amines is 1. The van der Waals surface area contributed by atoms with Gasteiger partial charge in [0.05, 0.1) is 17.1 Å². The zero-order valence-corrected chi connectivity index (χ0v) is 13.4. The quantitative estimate of drug-likeness (QED) is 0.600. The molecule has 7 nitrogen and oxygen atoms in total. The molecule has 4 rings (SSSR count). The number of amides is 1. The summed E-state index contributed by atoms with van der Waals surface area (Å²) < 4.78 is 1.40. The lowest BCUT2D eigenvalue weighted by Crippen LogP contribution is -2.28. The van der Waals surface area contributed by atoms with Crippen molar-refractivity contribution in [1.82, 2.24) is 25.1 Å². The van der Waals surface area contributed by atoms with Crippen LogP contribution >= 0.6 is 0 Å². The molecule has 2 N–H and O–H groups in total. The van der Waals surface area contributed by atoms with Crippen molar-refractivity contribution in [2.24, 2.45) is 0 Å². The minimum Gasteiger partial charge on any atom is -0.344 e. The molecular formula is C18H15N5O2. The second kappa shape index (κ2) is 5.86. The zero-order valence-electron chi connectivity index (χ0n) is 13.4. The Balaban J connectivity index is 1.76. The second-order valence-corrected chi connectivity index (χ2v) is 5.78. The highest BCUT2D eigenvalue weighted by Crippen LogP contribution is 2.15. The molecule has 0 aliphatic carbocycles. The van der Waals surface area contributed by atoms with Crippen LogP contribution in [0.5, 0.6) is 0 Å². The predicted molar refractivity (Wildman–Crippen MR) is 93.4 cm³/mol. The fourth-order valence-electron chi connectivity index (χ4n) is 2.84. The Morgan fingerprint density at radius 3 is 2.64 bits per heavy atom. The lowest BCUT2D eigenvalue weighted by molar-refractivity contribution is 0.0936. The number of nitrogens with zero attached hydrogens (tertiary/aromatic N) is 3. The summed E-state index contributed by atoms with van der Waals surface area (Å²) in [7, 11) is 0. The van der Waals surface area contributed by atoms with Crippen molar-refractivity contribution in [3.05, 3.63) is 76.2 Å². The summed E-state index contributed by atoms with van der Waals surface area (Å²) in [5.74, 6) is -0.438. The van der Waals surface area contributed by atoms with Crippen LogP contribution in [0.3, 0.4) is 0 Å². The number of rotatable bonds is 3. The van der Waals surface area contributed by atoms with E-state index >= 15 is 0 Å². The van der Waals surface area contributed by atoms with E-state index in [1.54, 1.807) is 12.1 Å². The third kappa shape index (κ3) is 2.55. The van der Waals surface area contributed by atoms with Gasteiger partial charge in [0.1, 0.15) is 0 Å². The average molecular weight is 333 g/mol. The smallest absolute Gasteiger partial charge is 0.277 e. The first-order valence-electron chi connectivity index (χ1n) is 7.87. The molecule has 0 bridgehead atoms. The van der Waals surface area contributed by atoms with E-state index in [0.717, 1.165) is 5.56 Å². The van der Waals surface area contributed by atoms with Gasteiger partial charge in [-0.15, -0.1) is 5.10 Å². The highest BCUT2D eigenvalue weighted by atomic mass is 16.2. The summed E-state index contributed by atoms with van der Waals surface area (Å²) in [5, 5.41) is 10.8. The average Bonchev–Trinajstić information content (AvgIpc) is 3.09. The van der Waals surface area contributed by atoms with E-state index in [0.29, 0.717) is 11.0 Å². The fraction of sp³-hybridized carbons (Fsp3) is 0.111. The lowest BCUT2D eigenvalue weighted by atomic mass is 10.1. The fourth-order valence-corrected chi connectivity index (χ4v) is 2.84. The molecule has 0 radical (unpaired) electrons. The molecule has 0 aliphatic rings. The third-order valence-electron chi connectivity index (χ3n) is 4.13. The molecule has 2 aromatic heterocycles. The van der Waals surface area contributed by atoms with Gasteiger partial charge in [-0.05, 0) is 24.6 Å². The largest absolute Gasteiger partial charge is 0.344 e. The number of carbonyl (C=O) groups excluding carboxylic acids is 1. The zero-order chi connectivity index (χ0) is 17.4. The number of aromatic nitrogens is 4. The molecule has 0 saturated heterocycles. The summed E-state index contributed by atoms with van der Waals surface area (Å²) in [4.78, 5) is 27.8. The summed E-state index contributed by atoms with van der Waals surface area (Å²) in [5.41, 5.74) is 2.02. The van der Waals surface area contributed by atoms with Gasteiger partial charge in [0.25, 0.3) is 11.5 Å². The molecule has 2 aromatic carbocycles. The van der Waals surface area contributed by atoms with Crippen molar-refractivity contribution in [3.8, 4) is 0 Å². The van der Waals surface area contributed by atoms with Gasteiger partial charge >= 0.3 is 0 Å². The van der Waals surface area contributed by atoms with E-state index in [1.807, 2.05) is 49.4 Å². The molecule has 124 valence electrons. The van der Waals surface area contributed by atoms with E-state index in [2.05, 4.69) is 20.6 Å². The van der Waals surface area contributed by atoms with Gasteiger partial charge in [-0.3, -0.25) is 9.59 Å². The van der Waals surface area contributed by atoms with Crippen molar-refractivity contribution in [3.63, 3.8) is 0 Å². The van der Waals surface area contributed by atoms with Crippen LogP contribution in [0.2, 0.25) is 0 Å². The van der Waals surface area contributed by atoms with Gasteiger partial charge in [-0.25, -0.2) is 4.52 Å². The van der Waals surface area contributed by atoms with Crippen LogP contribution in [0.15, 0.2) is 59.4 Å². The first kappa shape index (κ1) is 15.1. The summed E-state index contributed by atoms with van der Waals surface area (Å²) >= 11 is 0. The third-order valence-corrected chi connectivity index (χ3v) is 4.13. The van der Waals surface area contributed by atoms with Crippen LogP contribution in [-0.2, 0) is 0 Å². The molecule has 0 saturated carbocycles. The number of para-hydroxylation sites is 2. The first-order chi connectivity index (χ1) is 12.1. The van der Waals surface area contributed by atoms with Gasteiger partial charge in [0.15, 0.2) is 11.2 Å². The van der Waals surface area contributed by atoms with Gasteiger partial charge in [0.2, 0.25) is 0 Å². The Kier molecular flexibility index (Phi) is 3.53. The number of hydrogen-bond acceptors (Lipinski definition) is 4. The van der Waals surface area contributed by atoms with Crippen molar-refractivity contribution in [2.75, 3.05) is 0 Å². The molecule has 2 heterocycles. The van der Waals surface area contributed by atoms with Crippen LogP contribution in [0.25, 0.3) is 16.6 Å². The number of benzene rings is 2. The van der Waals surface area contributed by atoms with E-state index in [-0.39, 0.29) is 17.3 Å². The maximum atomic E-state index is 12.6. The Morgan fingerprint density at radius 1 is 1.12 bits per heavy atom.